The number of carbonyl (C=O) groups is 3. The molecule has 4 N–H and O–H groups in total. The second kappa shape index (κ2) is 13.1. The first kappa shape index (κ1) is 30.3. The van der Waals surface area contributed by atoms with E-state index in [2.05, 4.69) is 15.6 Å². The summed E-state index contributed by atoms with van der Waals surface area (Å²) in [6, 6.07) is 15.9. The third-order valence-electron chi connectivity index (χ3n) is 5.27. The molecule has 0 aromatic heterocycles. The standard InChI is InChI=1S/C22H21F3N4O3.C3H5F3/c23-22(24,25)11-10-14(12-17(26)30)20(31)29-19-21(32)27-16-9-5-4-8-15(16)18(28-19)13-6-2-1-3-7-13;1-2-3(4,5)6/h1-9,14,19H,10-12H2,(H2,26,30)(H,27,32)(H,29,31);2H2,1H3. The maximum absolute atomic E-state index is 12.7. The first-order chi connectivity index (χ1) is 17.7. The molecule has 206 valence electrons. The van der Waals surface area contributed by atoms with Crippen LogP contribution in [0.2, 0.25) is 0 Å². The highest BCUT2D eigenvalue weighted by atomic mass is 19.4. The van der Waals surface area contributed by atoms with E-state index in [1.54, 1.807) is 48.5 Å². The Morgan fingerprint density at radius 1 is 1.00 bits per heavy atom. The van der Waals surface area contributed by atoms with Crippen molar-refractivity contribution in [2.45, 2.75) is 51.1 Å². The van der Waals surface area contributed by atoms with Crippen molar-refractivity contribution < 1.29 is 40.7 Å². The highest BCUT2D eigenvalue weighted by molar-refractivity contribution is 6.19. The number of carbonyl (C=O) groups excluding carboxylic acids is 3. The van der Waals surface area contributed by atoms with Gasteiger partial charge in [-0.15, -0.1) is 0 Å². The van der Waals surface area contributed by atoms with Gasteiger partial charge in [-0.25, -0.2) is 4.99 Å². The topological polar surface area (TPSA) is 114 Å². The molecule has 1 aliphatic heterocycles. The van der Waals surface area contributed by atoms with Crippen molar-refractivity contribution in [3.63, 3.8) is 0 Å². The lowest BCUT2D eigenvalue weighted by atomic mass is 9.97. The van der Waals surface area contributed by atoms with Crippen molar-refractivity contribution in [3.05, 3.63) is 65.7 Å². The molecule has 0 aliphatic carbocycles. The van der Waals surface area contributed by atoms with Crippen LogP contribution in [0.5, 0.6) is 0 Å². The van der Waals surface area contributed by atoms with Gasteiger partial charge in [0.2, 0.25) is 18.0 Å². The van der Waals surface area contributed by atoms with Crippen LogP contribution in [0.25, 0.3) is 0 Å². The summed E-state index contributed by atoms with van der Waals surface area (Å²) in [5.41, 5.74) is 7.30. The summed E-state index contributed by atoms with van der Waals surface area (Å²) in [6.07, 6.45) is -13.1. The Labute approximate surface area is 214 Å². The third kappa shape index (κ3) is 9.87. The molecule has 2 aromatic rings. The number of fused-ring (bicyclic) bond motifs is 1. The summed E-state index contributed by atoms with van der Waals surface area (Å²) >= 11 is 0. The van der Waals surface area contributed by atoms with Crippen molar-refractivity contribution in [1.29, 1.82) is 0 Å². The molecule has 0 radical (unpaired) electrons. The lowest BCUT2D eigenvalue weighted by Crippen LogP contribution is -2.45. The van der Waals surface area contributed by atoms with Crippen LogP contribution in [0.3, 0.4) is 0 Å². The van der Waals surface area contributed by atoms with E-state index in [1.165, 1.54) is 0 Å². The molecule has 1 aliphatic rings. The number of aliphatic imine (C=N–C) groups is 1. The molecule has 38 heavy (non-hydrogen) atoms. The average molecular weight is 544 g/mol. The zero-order chi connectivity index (χ0) is 28.5. The predicted molar refractivity (Wildman–Crippen MR) is 128 cm³/mol. The summed E-state index contributed by atoms with van der Waals surface area (Å²) in [4.78, 5) is 41.2. The van der Waals surface area contributed by atoms with Gasteiger partial charge in [-0.3, -0.25) is 14.4 Å². The molecular weight excluding hydrogens is 518 g/mol. The molecule has 0 spiro atoms. The number of para-hydroxylation sites is 1. The second-order valence-corrected chi connectivity index (χ2v) is 8.28. The van der Waals surface area contributed by atoms with Crippen LogP contribution in [-0.4, -0.2) is 42.0 Å². The van der Waals surface area contributed by atoms with Crippen molar-refractivity contribution >= 4 is 29.1 Å². The minimum Gasteiger partial charge on any atom is -0.370 e. The highest BCUT2D eigenvalue weighted by Crippen LogP contribution is 2.27. The van der Waals surface area contributed by atoms with Gasteiger partial charge < -0.3 is 16.4 Å². The fourth-order valence-corrected chi connectivity index (χ4v) is 3.34. The fourth-order valence-electron chi connectivity index (χ4n) is 3.34. The van der Waals surface area contributed by atoms with Gasteiger partial charge in [-0.2, -0.15) is 26.3 Å². The van der Waals surface area contributed by atoms with Crippen molar-refractivity contribution in [1.82, 2.24) is 5.32 Å². The van der Waals surface area contributed by atoms with E-state index in [0.717, 1.165) is 6.92 Å². The Bertz CT molecular complexity index is 1150. The number of benzene rings is 2. The number of hydrogen-bond donors (Lipinski definition) is 3. The molecule has 2 unspecified atom stereocenters. The largest absolute Gasteiger partial charge is 0.389 e. The summed E-state index contributed by atoms with van der Waals surface area (Å²) < 4.78 is 70.3. The first-order valence-electron chi connectivity index (χ1n) is 11.5. The third-order valence-corrected chi connectivity index (χ3v) is 5.27. The molecule has 2 atom stereocenters. The molecular formula is C25H26F6N4O3. The molecule has 1 heterocycles. The summed E-state index contributed by atoms with van der Waals surface area (Å²) in [5.74, 6) is -3.83. The predicted octanol–water partition coefficient (Wildman–Crippen LogP) is 4.71. The monoisotopic (exact) mass is 544 g/mol. The van der Waals surface area contributed by atoms with E-state index in [0.29, 0.717) is 22.5 Å². The normalized spacial score (nSPS) is 16.0. The molecule has 0 bridgehead atoms. The summed E-state index contributed by atoms with van der Waals surface area (Å²) in [5, 5.41) is 5.05. The van der Waals surface area contributed by atoms with Gasteiger partial charge in [0.25, 0.3) is 5.91 Å². The number of nitrogens with one attached hydrogen (secondary N) is 2. The number of anilines is 1. The molecule has 7 nitrogen and oxygen atoms in total. The first-order valence-corrected chi connectivity index (χ1v) is 11.5. The minimum atomic E-state index is -4.50. The van der Waals surface area contributed by atoms with Crippen LogP contribution in [0, 0.1) is 5.92 Å². The Hall–Kier alpha value is -3.90. The van der Waals surface area contributed by atoms with Crippen LogP contribution in [0.15, 0.2) is 59.6 Å². The number of benzodiazepines with no additional fused rings is 1. The highest BCUT2D eigenvalue weighted by Gasteiger charge is 2.34. The van der Waals surface area contributed by atoms with E-state index in [1.807, 2.05) is 6.07 Å². The van der Waals surface area contributed by atoms with Crippen LogP contribution in [0.1, 0.15) is 43.7 Å². The van der Waals surface area contributed by atoms with Crippen LogP contribution < -0.4 is 16.4 Å². The smallest absolute Gasteiger partial charge is 0.370 e. The van der Waals surface area contributed by atoms with E-state index in [9.17, 15) is 40.7 Å². The zero-order valence-corrected chi connectivity index (χ0v) is 20.2. The number of alkyl halides is 6. The number of nitrogens with two attached hydrogens (primary N) is 1. The van der Waals surface area contributed by atoms with E-state index < -0.39 is 67.8 Å². The van der Waals surface area contributed by atoms with Crippen molar-refractivity contribution in [3.8, 4) is 0 Å². The second-order valence-electron chi connectivity index (χ2n) is 8.28. The Morgan fingerprint density at radius 3 is 2.13 bits per heavy atom. The Kier molecular flexibility index (Phi) is 10.4. The lowest BCUT2D eigenvalue weighted by molar-refractivity contribution is -0.143. The van der Waals surface area contributed by atoms with Gasteiger partial charge in [0, 0.05) is 36.3 Å². The van der Waals surface area contributed by atoms with Gasteiger partial charge >= 0.3 is 12.4 Å². The molecule has 0 saturated heterocycles. The maximum atomic E-state index is 12.7. The maximum Gasteiger partial charge on any atom is 0.389 e. The molecule has 3 rings (SSSR count). The fraction of sp³-hybridized carbons (Fsp3) is 0.360. The molecule has 13 heteroatoms. The van der Waals surface area contributed by atoms with Gasteiger partial charge in [0.05, 0.1) is 11.4 Å². The average Bonchev–Trinajstić information content (AvgIpc) is 2.97. The van der Waals surface area contributed by atoms with Crippen molar-refractivity contribution in [2.75, 3.05) is 5.32 Å². The van der Waals surface area contributed by atoms with Gasteiger partial charge in [0.1, 0.15) is 0 Å². The van der Waals surface area contributed by atoms with E-state index in [-0.39, 0.29) is 0 Å². The van der Waals surface area contributed by atoms with Gasteiger partial charge in [-0.1, -0.05) is 55.5 Å². The number of primary amides is 1. The van der Waals surface area contributed by atoms with E-state index >= 15 is 0 Å². The molecule has 0 fully saturated rings. The number of amides is 3. The zero-order valence-electron chi connectivity index (χ0n) is 20.2. The number of hydrogen-bond acceptors (Lipinski definition) is 4. The van der Waals surface area contributed by atoms with Gasteiger partial charge in [0.15, 0.2) is 0 Å². The molecule has 2 aromatic carbocycles. The van der Waals surface area contributed by atoms with E-state index in [4.69, 9.17) is 5.73 Å². The van der Waals surface area contributed by atoms with Crippen LogP contribution >= 0.6 is 0 Å². The lowest BCUT2D eigenvalue weighted by Gasteiger charge is -2.19. The Morgan fingerprint density at radius 2 is 1.58 bits per heavy atom. The quantitative estimate of drug-likeness (QED) is 0.439. The van der Waals surface area contributed by atoms with Gasteiger partial charge in [-0.05, 0) is 12.5 Å². The number of halogens is 6. The molecule has 0 saturated carbocycles. The summed E-state index contributed by atoms with van der Waals surface area (Å²) in [6.45, 7) is 1.08. The van der Waals surface area contributed by atoms with Crippen LogP contribution in [0.4, 0.5) is 32.0 Å². The SMILES string of the molecule is CCC(F)(F)F.NC(=O)CC(CCC(F)(F)F)C(=O)NC1N=C(c2ccccc2)c2ccccc2NC1=O. The summed E-state index contributed by atoms with van der Waals surface area (Å²) in [7, 11) is 0. The van der Waals surface area contributed by atoms with Crippen molar-refractivity contribution in [2.24, 2.45) is 16.6 Å². The minimum absolute atomic E-state index is 0.423. The molecule has 3 amide bonds. The number of rotatable bonds is 7. The Balaban J connectivity index is 0.000000757. The van der Waals surface area contributed by atoms with Crippen LogP contribution in [-0.2, 0) is 14.4 Å². The number of nitrogens with zero attached hydrogens (tertiary/aromatic N) is 1.